The van der Waals surface area contributed by atoms with Gasteiger partial charge in [0.15, 0.2) is 0 Å². The van der Waals surface area contributed by atoms with Crippen molar-refractivity contribution in [3.05, 3.63) is 60.2 Å². The van der Waals surface area contributed by atoms with Crippen LogP contribution < -0.4 is 10.6 Å². The van der Waals surface area contributed by atoms with E-state index in [0.29, 0.717) is 26.2 Å². The zero-order chi connectivity index (χ0) is 20.5. The van der Waals surface area contributed by atoms with Crippen molar-refractivity contribution < 1.29 is 14.3 Å². The number of benzene rings is 2. The third kappa shape index (κ3) is 6.14. The van der Waals surface area contributed by atoms with E-state index < -0.39 is 6.04 Å². The average Bonchev–Trinajstić information content (AvgIpc) is 2.75. The van der Waals surface area contributed by atoms with Crippen LogP contribution in [0, 0.1) is 0 Å². The summed E-state index contributed by atoms with van der Waals surface area (Å²) in [4.78, 5) is 26.7. The van der Waals surface area contributed by atoms with Gasteiger partial charge in [-0.3, -0.25) is 14.5 Å². The summed E-state index contributed by atoms with van der Waals surface area (Å²) in [5, 5.41) is 5.75. The first kappa shape index (κ1) is 21.0. The quantitative estimate of drug-likeness (QED) is 0.639. The van der Waals surface area contributed by atoms with Gasteiger partial charge < -0.3 is 15.4 Å². The van der Waals surface area contributed by atoms with Gasteiger partial charge in [-0.1, -0.05) is 54.6 Å². The zero-order valence-corrected chi connectivity index (χ0v) is 16.9. The van der Waals surface area contributed by atoms with E-state index in [1.165, 1.54) is 5.56 Å². The molecule has 0 radical (unpaired) electrons. The number of methoxy groups -OCH3 is 1. The summed E-state index contributed by atoms with van der Waals surface area (Å²) in [5.41, 5.74) is 3.47. The fourth-order valence-corrected chi connectivity index (χ4v) is 3.53. The minimum Gasteiger partial charge on any atom is -0.385 e. The van der Waals surface area contributed by atoms with Crippen LogP contribution in [0.2, 0.25) is 0 Å². The van der Waals surface area contributed by atoms with Gasteiger partial charge >= 0.3 is 0 Å². The van der Waals surface area contributed by atoms with Crippen LogP contribution in [0.1, 0.15) is 18.4 Å². The van der Waals surface area contributed by atoms with E-state index in [1.54, 1.807) is 7.11 Å². The second kappa shape index (κ2) is 10.7. The molecule has 0 spiro atoms. The van der Waals surface area contributed by atoms with Gasteiger partial charge in [0.1, 0.15) is 0 Å². The third-order valence-electron chi connectivity index (χ3n) is 5.11. The Morgan fingerprint density at radius 2 is 1.86 bits per heavy atom. The minimum atomic E-state index is -0.444. The molecule has 1 aliphatic rings. The maximum absolute atomic E-state index is 12.4. The van der Waals surface area contributed by atoms with Crippen molar-refractivity contribution in [1.82, 2.24) is 15.5 Å². The van der Waals surface area contributed by atoms with Crippen LogP contribution in [-0.4, -0.2) is 56.1 Å². The highest BCUT2D eigenvalue weighted by atomic mass is 16.5. The topological polar surface area (TPSA) is 70.7 Å². The Bertz CT molecular complexity index is 793. The number of hydrogen-bond acceptors (Lipinski definition) is 4. The van der Waals surface area contributed by atoms with Gasteiger partial charge in [-0.15, -0.1) is 0 Å². The van der Waals surface area contributed by atoms with Gasteiger partial charge in [-0.2, -0.15) is 0 Å². The van der Waals surface area contributed by atoms with E-state index in [9.17, 15) is 9.59 Å². The summed E-state index contributed by atoms with van der Waals surface area (Å²) in [7, 11) is 1.64. The van der Waals surface area contributed by atoms with Crippen molar-refractivity contribution in [3.8, 4) is 11.1 Å². The molecule has 1 aliphatic heterocycles. The lowest BCUT2D eigenvalue weighted by molar-refractivity contribution is -0.134. The normalized spacial score (nSPS) is 17.0. The first-order valence-corrected chi connectivity index (χ1v) is 10.1. The van der Waals surface area contributed by atoms with Gasteiger partial charge in [0.25, 0.3) is 0 Å². The lowest BCUT2D eigenvalue weighted by Crippen LogP contribution is -2.56. The van der Waals surface area contributed by atoms with Crippen molar-refractivity contribution in [2.75, 3.05) is 33.4 Å². The minimum absolute atomic E-state index is 0.0794. The molecule has 0 aliphatic carbocycles. The van der Waals surface area contributed by atoms with Crippen LogP contribution in [0.15, 0.2) is 54.6 Å². The molecule has 1 atom stereocenters. The van der Waals surface area contributed by atoms with Crippen LogP contribution >= 0.6 is 0 Å². The van der Waals surface area contributed by atoms with E-state index in [4.69, 9.17) is 4.74 Å². The molecule has 2 N–H and O–H groups in total. The number of piperazine rings is 1. The molecule has 1 heterocycles. The predicted octanol–water partition coefficient (Wildman–Crippen LogP) is 2.20. The summed E-state index contributed by atoms with van der Waals surface area (Å²) in [6.07, 6.45) is 0.928. The van der Waals surface area contributed by atoms with Crippen LogP contribution in [-0.2, 0) is 20.9 Å². The van der Waals surface area contributed by atoms with E-state index in [0.717, 1.165) is 24.1 Å². The van der Waals surface area contributed by atoms with Gasteiger partial charge in [0.05, 0.1) is 12.5 Å². The number of nitrogens with zero attached hydrogens (tertiary/aromatic N) is 1. The molecule has 3 rings (SSSR count). The second-order valence-electron chi connectivity index (χ2n) is 7.24. The Balaban J connectivity index is 1.60. The van der Waals surface area contributed by atoms with Gasteiger partial charge in [-0.05, 0) is 23.1 Å². The Labute approximate surface area is 172 Å². The summed E-state index contributed by atoms with van der Waals surface area (Å²) in [6.45, 7) is 3.14. The summed E-state index contributed by atoms with van der Waals surface area (Å²) >= 11 is 0. The smallest absolute Gasteiger partial charge is 0.237 e. The molecule has 2 aromatic rings. The fraction of sp³-hybridized carbons (Fsp3) is 0.391. The van der Waals surface area contributed by atoms with Crippen molar-refractivity contribution in [2.24, 2.45) is 0 Å². The highest BCUT2D eigenvalue weighted by molar-refractivity contribution is 5.88. The molecular weight excluding hydrogens is 366 g/mol. The summed E-state index contributed by atoms with van der Waals surface area (Å²) in [6, 6.07) is 18.2. The Hall–Kier alpha value is -2.70. The van der Waals surface area contributed by atoms with Crippen LogP contribution in [0.25, 0.3) is 11.1 Å². The maximum atomic E-state index is 12.4. The third-order valence-corrected chi connectivity index (χ3v) is 5.11. The van der Waals surface area contributed by atoms with E-state index in [1.807, 2.05) is 18.2 Å². The van der Waals surface area contributed by atoms with Crippen molar-refractivity contribution in [1.29, 1.82) is 0 Å². The van der Waals surface area contributed by atoms with Crippen molar-refractivity contribution >= 4 is 11.8 Å². The highest BCUT2D eigenvalue weighted by Crippen LogP contribution is 2.21. The maximum Gasteiger partial charge on any atom is 0.237 e. The monoisotopic (exact) mass is 395 g/mol. The zero-order valence-electron chi connectivity index (χ0n) is 16.9. The van der Waals surface area contributed by atoms with Gasteiger partial charge in [0, 0.05) is 39.9 Å². The number of amides is 2. The summed E-state index contributed by atoms with van der Waals surface area (Å²) < 4.78 is 4.99. The number of rotatable bonds is 9. The Morgan fingerprint density at radius 1 is 1.14 bits per heavy atom. The van der Waals surface area contributed by atoms with Crippen LogP contribution in [0.5, 0.6) is 0 Å². The number of carbonyl (C=O) groups excluding carboxylic acids is 2. The Kier molecular flexibility index (Phi) is 7.78. The molecule has 6 nitrogen and oxygen atoms in total. The first-order chi connectivity index (χ1) is 14.2. The summed E-state index contributed by atoms with van der Waals surface area (Å²) in [5.74, 6) is -0.184. The molecule has 0 bridgehead atoms. The number of ether oxygens (including phenoxy) is 1. The van der Waals surface area contributed by atoms with Crippen LogP contribution in [0.4, 0.5) is 0 Å². The predicted molar refractivity (Wildman–Crippen MR) is 113 cm³/mol. The SMILES string of the molecule is COCCCNC(=O)C[C@H]1C(=O)NCCN1Cc1ccc(-c2ccccc2)cc1. The number of hydrogen-bond donors (Lipinski definition) is 2. The average molecular weight is 396 g/mol. The molecule has 1 saturated heterocycles. The molecule has 6 heteroatoms. The molecule has 29 heavy (non-hydrogen) atoms. The lowest BCUT2D eigenvalue weighted by Gasteiger charge is -2.34. The molecule has 0 aromatic heterocycles. The number of nitrogens with one attached hydrogen (secondary N) is 2. The molecule has 2 amide bonds. The molecule has 0 unspecified atom stereocenters. The van der Waals surface area contributed by atoms with Crippen LogP contribution in [0.3, 0.4) is 0 Å². The van der Waals surface area contributed by atoms with Crippen molar-refractivity contribution in [2.45, 2.75) is 25.4 Å². The fourth-order valence-electron chi connectivity index (χ4n) is 3.53. The first-order valence-electron chi connectivity index (χ1n) is 10.1. The van der Waals surface area contributed by atoms with E-state index >= 15 is 0 Å². The second-order valence-corrected chi connectivity index (χ2v) is 7.24. The molecule has 154 valence electrons. The molecular formula is C23H29N3O3. The van der Waals surface area contributed by atoms with Crippen molar-refractivity contribution in [3.63, 3.8) is 0 Å². The lowest BCUT2D eigenvalue weighted by atomic mass is 10.0. The largest absolute Gasteiger partial charge is 0.385 e. The molecule has 2 aromatic carbocycles. The van der Waals surface area contributed by atoms with E-state index in [2.05, 4.69) is 51.9 Å². The standard InChI is InChI=1S/C23H29N3O3/c1-29-15-5-12-24-22(27)16-21-23(28)25-13-14-26(21)17-18-8-10-20(11-9-18)19-6-3-2-4-7-19/h2-4,6-11,21H,5,12-17H2,1H3,(H,24,27)(H,25,28)/t21-/m0/s1. The Morgan fingerprint density at radius 3 is 2.59 bits per heavy atom. The number of carbonyl (C=O) groups is 2. The van der Waals surface area contributed by atoms with Gasteiger partial charge in [0.2, 0.25) is 11.8 Å². The highest BCUT2D eigenvalue weighted by Gasteiger charge is 2.31. The molecule has 0 saturated carbocycles. The van der Waals surface area contributed by atoms with E-state index in [-0.39, 0.29) is 18.2 Å². The van der Waals surface area contributed by atoms with Gasteiger partial charge in [-0.25, -0.2) is 0 Å². The molecule has 1 fully saturated rings.